The second-order valence-corrected chi connectivity index (χ2v) is 2.82. The lowest BCUT2D eigenvalue weighted by Gasteiger charge is -2.05. The molecule has 0 unspecified atom stereocenters. The summed E-state index contributed by atoms with van der Waals surface area (Å²) in [6.45, 7) is 2.66. The van der Waals surface area contributed by atoms with E-state index in [1.165, 1.54) is 24.4 Å². The average Bonchev–Trinajstić information content (AvgIpc) is 2.82. The summed E-state index contributed by atoms with van der Waals surface area (Å²) in [4.78, 5) is 16.1. The molecule has 0 aromatic carbocycles. The molecule has 0 radical (unpaired) electrons. The van der Waals surface area contributed by atoms with E-state index in [0.29, 0.717) is 18.4 Å². The van der Waals surface area contributed by atoms with Gasteiger partial charge < -0.3 is 10.1 Å². The first-order valence-corrected chi connectivity index (χ1v) is 4.72. The Kier molecular flexibility index (Phi) is 2.90. The average molecular weight is 221 g/mol. The fraction of sp³-hybridized carbons (Fsp3) is 0.375. The highest BCUT2D eigenvalue weighted by Crippen LogP contribution is 2.09. The quantitative estimate of drug-likeness (QED) is 0.770. The van der Waals surface area contributed by atoms with Crippen LogP contribution in [0.5, 0.6) is 6.01 Å². The third-order valence-electron chi connectivity index (χ3n) is 1.74. The Morgan fingerprint density at radius 3 is 2.88 bits per heavy atom. The second-order valence-electron chi connectivity index (χ2n) is 2.82. The molecule has 2 rings (SSSR count). The molecule has 0 saturated carbocycles. The zero-order chi connectivity index (χ0) is 11.4. The molecule has 2 aromatic rings. The lowest BCUT2D eigenvalue weighted by Crippen LogP contribution is -2.10. The highest BCUT2D eigenvalue weighted by atomic mass is 16.5. The number of nitrogens with one attached hydrogen (secondary N) is 1. The SMILES string of the molecule is CCNc1nc(OC)nc(-n2cncn2)n1. The first-order chi connectivity index (χ1) is 7.83. The second kappa shape index (κ2) is 4.51. The van der Waals surface area contributed by atoms with Gasteiger partial charge in [0, 0.05) is 6.54 Å². The number of hydrogen-bond donors (Lipinski definition) is 1. The van der Waals surface area contributed by atoms with Crippen LogP contribution >= 0.6 is 0 Å². The molecule has 0 atom stereocenters. The minimum absolute atomic E-state index is 0.233. The molecule has 0 bridgehead atoms. The van der Waals surface area contributed by atoms with E-state index in [0.717, 1.165) is 0 Å². The van der Waals surface area contributed by atoms with E-state index in [9.17, 15) is 0 Å². The van der Waals surface area contributed by atoms with E-state index >= 15 is 0 Å². The Morgan fingerprint density at radius 1 is 1.38 bits per heavy atom. The van der Waals surface area contributed by atoms with E-state index < -0.39 is 0 Å². The number of anilines is 1. The van der Waals surface area contributed by atoms with Crippen molar-refractivity contribution in [1.82, 2.24) is 29.7 Å². The molecule has 2 heterocycles. The molecule has 0 aliphatic heterocycles. The van der Waals surface area contributed by atoms with Gasteiger partial charge in [-0.3, -0.25) is 0 Å². The minimum Gasteiger partial charge on any atom is -0.467 e. The van der Waals surface area contributed by atoms with Crippen LogP contribution in [0, 0.1) is 0 Å². The van der Waals surface area contributed by atoms with Crippen molar-refractivity contribution in [3.05, 3.63) is 12.7 Å². The summed E-state index contributed by atoms with van der Waals surface area (Å²) in [5.41, 5.74) is 0. The van der Waals surface area contributed by atoms with Crippen LogP contribution in [0.25, 0.3) is 5.95 Å². The van der Waals surface area contributed by atoms with Crippen molar-refractivity contribution < 1.29 is 4.74 Å². The monoisotopic (exact) mass is 221 g/mol. The summed E-state index contributed by atoms with van der Waals surface area (Å²) >= 11 is 0. The first-order valence-electron chi connectivity index (χ1n) is 4.72. The molecule has 0 aliphatic rings. The normalized spacial score (nSPS) is 10.1. The van der Waals surface area contributed by atoms with Crippen LogP contribution in [-0.2, 0) is 0 Å². The molecule has 0 saturated heterocycles. The van der Waals surface area contributed by atoms with Gasteiger partial charge in [0.15, 0.2) is 0 Å². The van der Waals surface area contributed by atoms with Crippen LogP contribution < -0.4 is 10.1 Å². The molecule has 0 amide bonds. The van der Waals surface area contributed by atoms with Gasteiger partial charge >= 0.3 is 6.01 Å². The highest BCUT2D eigenvalue weighted by Gasteiger charge is 2.07. The summed E-state index contributed by atoms with van der Waals surface area (Å²) in [6, 6.07) is 0.233. The van der Waals surface area contributed by atoms with Crippen molar-refractivity contribution in [2.45, 2.75) is 6.92 Å². The number of methoxy groups -OCH3 is 1. The third-order valence-corrected chi connectivity index (χ3v) is 1.74. The lowest BCUT2D eigenvalue weighted by atomic mass is 10.7. The fourth-order valence-corrected chi connectivity index (χ4v) is 1.09. The van der Waals surface area contributed by atoms with Crippen LogP contribution in [0.1, 0.15) is 6.92 Å². The largest absolute Gasteiger partial charge is 0.467 e. The van der Waals surface area contributed by atoms with Gasteiger partial charge in [-0.25, -0.2) is 4.98 Å². The molecule has 1 N–H and O–H groups in total. The van der Waals surface area contributed by atoms with E-state index in [4.69, 9.17) is 4.74 Å². The molecule has 2 aromatic heterocycles. The van der Waals surface area contributed by atoms with Crippen LogP contribution in [0.2, 0.25) is 0 Å². The van der Waals surface area contributed by atoms with Gasteiger partial charge in [0.1, 0.15) is 12.7 Å². The minimum atomic E-state index is 0.233. The Labute approximate surface area is 91.7 Å². The summed E-state index contributed by atoms with van der Waals surface area (Å²) in [5, 5.41) is 6.91. The Hall–Kier alpha value is -2.25. The zero-order valence-electron chi connectivity index (χ0n) is 8.95. The van der Waals surface area contributed by atoms with Crippen LogP contribution in [-0.4, -0.2) is 43.4 Å². The number of ether oxygens (including phenoxy) is 1. The summed E-state index contributed by atoms with van der Waals surface area (Å²) in [6.07, 6.45) is 2.91. The molecule has 0 fully saturated rings. The Balaban J connectivity index is 2.41. The van der Waals surface area contributed by atoms with Gasteiger partial charge in [-0.2, -0.15) is 24.7 Å². The molecule has 16 heavy (non-hydrogen) atoms. The third kappa shape index (κ3) is 2.05. The number of nitrogens with zero attached hydrogens (tertiary/aromatic N) is 6. The molecular weight excluding hydrogens is 210 g/mol. The van der Waals surface area contributed by atoms with Gasteiger partial charge in [-0.1, -0.05) is 0 Å². The maximum atomic E-state index is 4.98. The standard InChI is InChI=1S/C8H11N7O/c1-3-10-6-12-7(14-8(13-6)16-2)15-5-9-4-11-15/h4-5H,3H2,1-2H3,(H,10,12,13,14). The number of aromatic nitrogens is 6. The Morgan fingerprint density at radius 2 is 2.25 bits per heavy atom. The molecule has 8 nitrogen and oxygen atoms in total. The van der Waals surface area contributed by atoms with E-state index in [-0.39, 0.29) is 6.01 Å². The van der Waals surface area contributed by atoms with Crippen molar-refractivity contribution in [3.63, 3.8) is 0 Å². The summed E-state index contributed by atoms with van der Waals surface area (Å²) in [7, 11) is 1.50. The van der Waals surface area contributed by atoms with Crippen LogP contribution in [0.4, 0.5) is 5.95 Å². The van der Waals surface area contributed by atoms with E-state index in [1.807, 2.05) is 6.92 Å². The predicted octanol–water partition coefficient (Wildman–Crippen LogP) is -0.107. The van der Waals surface area contributed by atoms with Crippen molar-refractivity contribution >= 4 is 5.95 Å². The van der Waals surface area contributed by atoms with E-state index in [1.54, 1.807) is 0 Å². The van der Waals surface area contributed by atoms with Gasteiger partial charge in [-0.15, -0.1) is 0 Å². The van der Waals surface area contributed by atoms with Gasteiger partial charge in [0.2, 0.25) is 5.95 Å². The first kappa shape index (κ1) is 10.3. The van der Waals surface area contributed by atoms with Crippen molar-refractivity contribution in [1.29, 1.82) is 0 Å². The zero-order valence-corrected chi connectivity index (χ0v) is 8.95. The molecule has 0 spiro atoms. The van der Waals surface area contributed by atoms with Gasteiger partial charge in [-0.05, 0) is 6.92 Å². The summed E-state index contributed by atoms with van der Waals surface area (Å²) < 4.78 is 6.41. The predicted molar refractivity (Wildman–Crippen MR) is 55.5 cm³/mol. The molecule has 84 valence electrons. The van der Waals surface area contributed by atoms with Crippen molar-refractivity contribution in [2.24, 2.45) is 0 Å². The number of hydrogen-bond acceptors (Lipinski definition) is 7. The van der Waals surface area contributed by atoms with Crippen molar-refractivity contribution in [2.75, 3.05) is 19.0 Å². The Bertz CT molecular complexity index is 455. The van der Waals surface area contributed by atoms with E-state index in [2.05, 4.69) is 30.4 Å². The molecule has 8 heteroatoms. The van der Waals surface area contributed by atoms with Gasteiger partial charge in [0.25, 0.3) is 5.95 Å². The fourth-order valence-electron chi connectivity index (χ4n) is 1.09. The maximum Gasteiger partial charge on any atom is 0.322 e. The van der Waals surface area contributed by atoms with Crippen LogP contribution in [0.3, 0.4) is 0 Å². The van der Waals surface area contributed by atoms with Crippen molar-refractivity contribution in [3.8, 4) is 12.0 Å². The maximum absolute atomic E-state index is 4.98. The van der Waals surface area contributed by atoms with Gasteiger partial charge in [0.05, 0.1) is 7.11 Å². The highest BCUT2D eigenvalue weighted by molar-refractivity contribution is 5.29. The van der Waals surface area contributed by atoms with Crippen LogP contribution in [0.15, 0.2) is 12.7 Å². The topological polar surface area (TPSA) is 90.6 Å². The molecular formula is C8H11N7O. The molecule has 0 aliphatic carbocycles. The lowest BCUT2D eigenvalue weighted by molar-refractivity contribution is 0.377. The summed E-state index contributed by atoms with van der Waals surface area (Å²) in [5.74, 6) is 0.806. The number of rotatable bonds is 4. The smallest absolute Gasteiger partial charge is 0.322 e.